The van der Waals surface area contributed by atoms with Crippen LogP contribution in [0.4, 0.5) is 0 Å². The van der Waals surface area contributed by atoms with Gasteiger partial charge in [-0.1, -0.05) is 50.9 Å². The predicted octanol–water partition coefficient (Wildman–Crippen LogP) is 6.16. The minimum absolute atomic E-state index is 0.0148. The molecule has 0 amide bonds. The molecule has 0 aliphatic heterocycles. The molecular formula is C19H29ClO2Si. The minimum Gasteiger partial charge on any atom is -0.409 e. The molecule has 128 valence electrons. The number of carbonyl (C=O) groups excluding carboxylic acids is 1. The summed E-state index contributed by atoms with van der Waals surface area (Å²) in [6, 6.07) is 7.82. The van der Waals surface area contributed by atoms with Crippen molar-refractivity contribution in [1.82, 2.24) is 0 Å². The molecule has 23 heavy (non-hydrogen) atoms. The van der Waals surface area contributed by atoms with E-state index in [1.165, 1.54) is 0 Å². The van der Waals surface area contributed by atoms with Crippen molar-refractivity contribution in [3.63, 3.8) is 0 Å². The highest BCUT2D eigenvalue weighted by Crippen LogP contribution is 2.44. The summed E-state index contributed by atoms with van der Waals surface area (Å²) in [7, 11) is -1.96. The van der Waals surface area contributed by atoms with Crippen molar-refractivity contribution in [1.29, 1.82) is 0 Å². The Kier molecular flexibility index (Phi) is 5.75. The maximum Gasteiger partial charge on any atom is 0.192 e. The summed E-state index contributed by atoms with van der Waals surface area (Å²) in [6.45, 7) is 11.2. The van der Waals surface area contributed by atoms with Crippen molar-refractivity contribution in [2.24, 2.45) is 5.92 Å². The second-order valence-electron chi connectivity index (χ2n) is 8.17. The Hall–Kier alpha value is -0.643. The molecule has 0 spiro atoms. The normalized spacial score (nSPS) is 21.3. The molecule has 1 aromatic carbocycles. The van der Waals surface area contributed by atoms with Gasteiger partial charge < -0.3 is 4.43 Å². The van der Waals surface area contributed by atoms with Gasteiger partial charge in [0.15, 0.2) is 8.32 Å². The predicted molar refractivity (Wildman–Crippen MR) is 99.4 cm³/mol. The summed E-state index contributed by atoms with van der Waals surface area (Å²) in [6.07, 6.45) is 3.61. The summed E-state index contributed by atoms with van der Waals surface area (Å²) in [5.41, 5.74) is 1.08. The summed E-state index contributed by atoms with van der Waals surface area (Å²) in [4.78, 5) is 12.5. The van der Waals surface area contributed by atoms with Gasteiger partial charge in [-0.15, -0.1) is 0 Å². The molecule has 0 radical (unpaired) electrons. The molecule has 0 saturated heterocycles. The van der Waals surface area contributed by atoms with E-state index < -0.39 is 8.32 Å². The summed E-state index contributed by atoms with van der Waals surface area (Å²) < 4.78 is 6.71. The number of benzene rings is 1. The number of hydrogen-bond acceptors (Lipinski definition) is 2. The van der Waals surface area contributed by atoms with E-state index in [-0.39, 0.29) is 17.1 Å². The zero-order valence-electron chi connectivity index (χ0n) is 15.0. The maximum absolute atomic E-state index is 12.5. The fourth-order valence-electron chi connectivity index (χ4n) is 2.86. The van der Waals surface area contributed by atoms with Crippen LogP contribution in [0, 0.1) is 5.92 Å². The van der Waals surface area contributed by atoms with E-state index in [0.29, 0.717) is 12.2 Å². The minimum atomic E-state index is -1.96. The van der Waals surface area contributed by atoms with Gasteiger partial charge in [-0.25, -0.2) is 0 Å². The van der Waals surface area contributed by atoms with Crippen LogP contribution in [0.15, 0.2) is 24.3 Å². The fourth-order valence-corrected chi connectivity index (χ4v) is 4.27. The monoisotopic (exact) mass is 352 g/mol. The number of rotatable bonds is 4. The van der Waals surface area contributed by atoms with Crippen molar-refractivity contribution in [3.8, 4) is 0 Å². The summed E-state index contributed by atoms with van der Waals surface area (Å²) in [5, 5.41) is 0.838. The van der Waals surface area contributed by atoms with Crippen LogP contribution in [0.1, 0.15) is 58.1 Å². The van der Waals surface area contributed by atoms with Crippen molar-refractivity contribution in [2.45, 2.75) is 70.7 Å². The van der Waals surface area contributed by atoms with E-state index >= 15 is 0 Å². The average molecular weight is 353 g/mol. The number of hydrogen-bond donors (Lipinski definition) is 0. The molecule has 0 N–H and O–H groups in total. The lowest BCUT2D eigenvalue weighted by molar-refractivity contribution is -0.128. The molecule has 2 unspecified atom stereocenters. The van der Waals surface area contributed by atoms with Gasteiger partial charge in [0.2, 0.25) is 0 Å². The Balaban J connectivity index is 2.35. The van der Waals surface area contributed by atoms with Crippen LogP contribution in [-0.2, 0) is 9.22 Å². The molecule has 2 rings (SSSR count). The van der Waals surface area contributed by atoms with Crippen molar-refractivity contribution in [3.05, 3.63) is 34.9 Å². The first-order valence-electron chi connectivity index (χ1n) is 8.58. The van der Waals surface area contributed by atoms with Gasteiger partial charge in [0.25, 0.3) is 0 Å². The SMILES string of the molecule is CC(C)(C)[Si](C)(C)OC(c1ccc(Cl)cc1)C1CCCCC1=O. The van der Waals surface area contributed by atoms with Gasteiger partial charge >= 0.3 is 0 Å². The largest absolute Gasteiger partial charge is 0.409 e. The van der Waals surface area contributed by atoms with E-state index in [2.05, 4.69) is 33.9 Å². The van der Waals surface area contributed by atoms with Crippen molar-refractivity contribution < 1.29 is 9.22 Å². The van der Waals surface area contributed by atoms with Crippen molar-refractivity contribution >= 4 is 25.7 Å². The maximum atomic E-state index is 12.5. The number of Topliss-reactive ketones (excluding diaryl/α,β-unsaturated/α-hetero) is 1. The smallest absolute Gasteiger partial charge is 0.192 e. The molecule has 4 heteroatoms. The van der Waals surface area contributed by atoms with Crippen molar-refractivity contribution in [2.75, 3.05) is 0 Å². The van der Waals surface area contributed by atoms with E-state index in [9.17, 15) is 4.79 Å². The van der Waals surface area contributed by atoms with Gasteiger partial charge in [-0.2, -0.15) is 0 Å². The second kappa shape index (κ2) is 7.08. The summed E-state index contributed by atoms with van der Waals surface area (Å²) in [5.74, 6) is 0.342. The first-order chi connectivity index (χ1) is 10.6. The topological polar surface area (TPSA) is 26.3 Å². The number of ketones is 1. The summed E-state index contributed by atoms with van der Waals surface area (Å²) >= 11 is 6.04. The molecule has 0 heterocycles. The lowest BCUT2D eigenvalue weighted by Crippen LogP contribution is -2.44. The molecule has 2 nitrogen and oxygen atoms in total. The van der Waals surface area contributed by atoms with E-state index in [4.69, 9.17) is 16.0 Å². The lowest BCUT2D eigenvalue weighted by atomic mass is 9.82. The molecule has 1 aliphatic carbocycles. The molecule has 1 saturated carbocycles. The van der Waals surface area contributed by atoms with E-state index in [1.807, 2.05) is 24.3 Å². The molecule has 1 aliphatic rings. The van der Waals surface area contributed by atoms with Crippen LogP contribution < -0.4 is 0 Å². The van der Waals surface area contributed by atoms with Gasteiger partial charge in [0, 0.05) is 17.4 Å². The zero-order valence-corrected chi connectivity index (χ0v) is 16.7. The van der Waals surface area contributed by atoms with Crippen LogP contribution in [0.2, 0.25) is 23.2 Å². The second-order valence-corrected chi connectivity index (χ2v) is 13.4. The Morgan fingerprint density at radius 3 is 2.30 bits per heavy atom. The lowest BCUT2D eigenvalue weighted by Gasteiger charge is -2.42. The van der Waals surface area contributed by atoms with Crippen LogP contribution in [0.25, 0.3) is 0 Å². The van der Waals surface area contributed by atoms with Crippen LogP contribution in [0.5, 0.6) is 0 Å². The Bertz CT molecular complexity index is 545. The highest BCUT2D eigenvalue weighted by Gasteiger charge is 2.42. The molecule has 2 atom stereocenters. The van der Waals surface area contributed by atoms with Crippen LogP contribution in [-0.4, -0.2) is 14.1 Å². The van der Waals surface area contributed by atoms with E-state index in [1.54, 1.807) is 0 Å². The molecule has 0 aromatic heterocycles. The fraction of sp³-hybridized carbons (Fsp3) is 0.632. The third-order valence-electron chi connectivity index (χ3n) is 5.39. The first kappa shape index (κ1) is 18.7. The third kappa shape index (κ3) is 4.46. The van der Waals surface area contributed by atoms with E-state index in [0.717, 1.165) is 29.8 Å². The van der Waals surface area contributed by atoms with Gasteiger partial charge in [-0.3, -0.25) is 4.79 Å². The highest BCUT2D eigenvalue weighted by molar-refractivity contribution is 6.74. The molecule has 0 bridgehead atoms. The molecule has 1 fully saturated rings. The van der Waals surface area contributed by atoms with Gasteiger partial charge in [0.1, 0.15) is 5.78 Å². The zero-order chi connectivity index (χ0) is 17.3. The van der Waals surface area contributed by atoms with Gasteiger partial charge in [-0.05, 0) is 48.7 Å². The highest BCUT2D eigenvalue weighted by atomic mass is 35.5. The van der Waals surface area contributed by atoms with Crippen LogP contribution in [0.3, 0.4) is 0 Å². The Morgan fingerprint density at radius 1 is 1.17 bits per heavy atom. The molecule has 1 aromatic rings. The van der Waals surface area contributed by atoms with Crippen LogP contribution >= 0.6 is 11.6 Å². The van der Waals surface area contributed by atoms with Gasteiger partial charge in [0.05, 0.1) is 6.10 Å². The standard InChI is InChI=1S/C19H29ClO2Si/c1-19(2,3)23(4,5)22-18(14-10-12-15(20)13-11-14)16-8-6-7-9-17(16)21/h10-13,16,18H,6-9H2,1-5H3. The first-order valence-corrected chi connectivity index (χ1v) is 11.9. The average Bonchev–Trinajstić information content (AvgIpc) is 2.45. The quantitative estimate of drug-likeness (QED) is 0.606. The number of halogens is 1. The number of carbonyl (C=O) groups is 1. The Labute approximate surface area is 146 Å². The molecular weight excluding hydrogens is 324 g/mol. The Morgan fingerprint density at radius 2 is 1.78 bits per heavy atom. The third-order valence-corrected chi connectivity index (χ3v) is 10.1.